The third-order valence-corrected chi connectivity index (χ3v) is 3.59. The van der Waals surface area contributed by atoms with Crippen LogP contribution in [0.3, 0.4) is 0 Å². The Morgan fingerprint density at radius 2 is 2.17 bits per heavy atom. The first kappa shape index (κ1) is 13.1. The van der Waals surface area contributed by atoms with Gasteiger partial charge in [0.15, 0.2) is 0 Å². The second-order valence-corrected chi connectivity index (χ2v) is 4.93. The van der Waals surface area contributed by atoms with Gasteiger partial charge in [-0.1, -0.05) is 0 Å². The molecular formula is C13H16BrN3O. The summed E-state index contributed by atoms with van der Waals surface area (Å²) in [5, 5.41) is 0. The Kier molecular flexibility index (Phi) is 3.73. The van der Waals surface area contributed by atoms with Crippen LogP contribution < -0.4 is 10.5 Å². The van der Waals surface area contributed by atoms with Gasteiger partial charge in [-0.3, -0.25) is 0 Å². The van der Waals surface area contributed by atoms with Crippen molar-refractivity contribution in [2.75, 3.05) is 7.11 Å². The predicted octanol–water partition coefficient (Wildman–Crippen LogP) is 2.63. The molecule has 0 bridgehead atoms. The largest absolute Gasteiger partial charge is 0.496 e. The molecule has 1 heterocycles. The predicted molar refractivity (Wildman–Crippen MR) is 75.5 cm³/mol. The summed E-state index contributed by atoms with van der Waals surface area (Å²) in [6.45, 7) is 2.43. The number of rotatable bonds is 3. The van der Waals surface area contributed by atoms with Crippen molar-refractivity contribution in [2.24, 2.45) is 12.8 Å². The van der Waals surface area contributed by atoms with Crippen molar-refractivity contribution in [2.45, 2.75) is 13.5 Å². The summed E-state index contributed by atoms with van der Waals surface area (Å²) in [4.78, 5) is 4.47. The molecule has 0 fully saturated rings. The van der Waals surface area contributed by atoms with Gasteiger partial charge in [0, 0.05) is 12.6 Å². The molecule has 1 aromatic heterocycles. The number of halogens is 1. The molecule has 0 saturated carbocycles. The maximum absolute atomic E-state index is 5.67. The molecule has 5 heteroatoms. The normalized spacial score (nSPS) is 10.7. The lowest BCUT2D eigenvalue weighted by Crippen LogP contribution is -2.05. The van der Waals surface area contributed by atoms with E-state index in [0.717, 1.165) is 33.0 Å². The number of nitrogens with zero attached hydrogens (tertiary/aromatic N) is 2. The molecule has 0 unspecified atom stereocenters. The summed E-state index contributed by atoms with van der Waals surface area (Å²) in [5.41, 5.74) is 8.83. The molecule has 0 saturated heterocycles. The molecule has 2 aromatic rings. The molecule has 0 aliphatic carbocycles. The van der Waals surface area contributed by atoms with Gasteiger partial charge < -0.3 is 15.0 Å². The van der Waals surface area contributed by atoms with Crippen LogP contribution in [0, 0.1) is 6.92 Å². The first-order valence-corrected chi connectivity index (χ1v) is 6.44. The minimum absolute atomic E-state index is 0.439. The van der Waals surface area contributed by atoms with Gasteiger partial charge in [0.25, 0.3) is 0 Å². The Bertz CT molecular complexity index is 578. The minimum Gasteiger partial charge on any atom is -0.496 e. The Hall–Kier alpha value is -1.33. The van der Waals surface area contributed by atoms with Crippen molar-refractivity contribution in [3.05, 3.63) is 34.2 Å². The van der Waals surface area contributed by atoms with E-state index in [1.54, 1.807) is 7.11 Å². The number of benzene rings is 1. The van der Waals surface area contributed by atoms with Crippen molar-refractivity contribution in [1.29, 1.82) is 0 Å². The van der Waals surface area contributed by atoms with Crippen molar-refractivity contribution in [1.82, 2.24) is 9.55 Å². The van der Waals surface area contributed by atoms with Crippen molar-refractivity contribution < 1.29 is 4.74 Å². The van der Waals surface area contributed by atoms with Gasteiger partial charge in [0.1, 0.15) is 11.6 Å². The lowest BCUT2D eigenvalue weighted by molar-refractivity contribution is 0.412. The lowest BCUT2D eigenvalue weighted by Gasteiger charge is -2.09. The topological polar surface area (TPSA) is 53.1 Å². The minimum atomic E-state index is 0.439. The van der Waals surface area contributed by atoms with E-state index in [1.165, 1.54) is 0 Å². The summed E-state index contributed by atoms with van der Waals surface area (Å²) >= 11 is 3.50. The third kappa shape index (κ3) is 2.15. The van der Waals surface area contributed by atoms with E-state index in [4.69, 9.17) is 10.5 Å². The quantitative estimate of drug-likeness (QED) is 0.948. The second-order valence-electron chi connectivity index (χ2n) is 4.07. The molecule has 0 amide bonds. The standard InChI is InChI=1S/C13H16BrN3O/c1-8-13(17(2)12(7-15)16-8)9-4-5-11(18-3)10(14)6-9/h4-6H,7,15H2,1-3H3. The highest BCUT2D eigenvalue weighted by Crippen LogP contribution is 2.32. The first-order valence-electron chi connectivity index (χ1n) is 5.64. The summed E-state index contributed by atoms with van der Waals surface area (Å²) in [6.07, 6.45) is 0. The monoisotopic (exact) mass is 309 g/mol. The van der Waals surface area contributed by atoms with Gasteiger partial charge in [0.05, 0.1) is 29.5 Å². The lowest BCUT2D eigenvalue weighted by atomic mass is 10.1. The number of ether oxygens (including phenoxy) is 1. The van der Waals surface area contributed by atoms with Crippen LogP contribution in [0.2, 0.25) is 0 Å². The molecule has 2 N–H and O–H groups in total. The van der Waals surface area contributed by atoms with Gasteiger partial charge in [-0.15, -0.1) is 0 Å². The van der Waals surface area contributed by atoms with Gasteiger partial charge in [0.2, 0.25) is 0 Å². The zero-order valence-corrected chi connectivity index (χ0v) is 12.3. The van der Waals surface area contributed by atoms with Crippen LogP contribution in [0.1, 0.15) is 11.5 Å². The van der Waals surface area contributed by atoms with Crippen LogP contribution in [-0.2, 0) is 13.6 Å². The summed E-state index contributed by atoms with van der Waals surface area (Å²) in [5.74, 6) is 1.70. The zero-order chi connectivity index (χ0) is 13.3. The molecule has 1 aromatic carbocycles. The van der Waals surface area contributed by atoms with E-state index in [2.05, 4.69) is 20.9 Å². The van der Waals surface area contributed by atoms with Crippen LogP contribution >= 0.6 is 15.9 Å². The van der Waals surface area contributed by atoms with Crippen molar-refractivity contribution in [3.63, 3.8) is 0 Å². The Labute approximate surface area is 115 Å². The van der Waals surface area contributed by atoms with Crippen molar-refractivity contribution in [3.8, 4) is 17.0 Å². The number of hydrogen-bond donors (Lipinski definition) is 1. The van der Waals surface area contributed by atoms with Crippen LogP contribution in [0.15, 0.2) is 22.7 Å². The van der Waals surface area contributed by atoms with Gasteiger partial charge in [-0.05, 0) is 41.1 Å². The third-order valence-electron chi connectivity index (χ3n) is 2.97. The Balaban J connectivity index is 2.55. The maximum Gasteiger partial charge on any atom is 0.133 e. The first-order chi connectivity index (χ1) is 8.58. The van der Waals surface area contributed by atoms with Crippen LogP contribution in [0.25, 0.3) is 11.3 Å². The maximum atomic E-state index is 5.67. The molecule has 0 radical (unpaired) electrons. The Morgan fingerprint density at radius 3 is 2.67 bits per heavy atom. The van der Waals surface area contributed by atoms with Crippen LogP contribution in [-0.4, -0.2) is 16.7 Å². The average molecular weight is 310 g/mol. The van der Waals surface area contributed by atoms with E-state index in [1.807, 2.05) is 36.7 Å². The molecule has 0 spiro atoms. The molecule has 2 rings (SSSR count). The van der Waals surface area contributed by atoms with Crippen LogP contribution in [0.5, 0.6) is 5.75 Å². The molecule has 18 heavy (non-hydrogen) atoms. The summed E-state index contributed by atoms with van der Waals surface area (Å²) in [6, 6.07) is 5.99. The van der Waals surface area contributed by atoms with E-state index >= 15 is 0 Å². The van der Waals surface area contributed by atoms with Crippen molar-refractivity contribution >= 4 is 15.9 Å². The van der Waals surface area contributed by atoms with Crippen LogP contribution in [0.4, 0.5) is 0 Å². The van der Waals surface area contributed by atoms with Gasteiger partial charge in [-0.2, -0.15) is 0 Å². The molecule has 0 aliphatic rings. The molecule has 4 nitrogen and oxygen atoms in total. The fraction of sp³-hybridized carbons (Fsp3) is 0.308. The fourth-order valence-electron chi connectivity index (χ4n) is 2.09. The number of aryl methyl sites for hydroxylation is 1. The molecular weight excluding hydrogens is 294 g/mol. The zero-order valence-electron chi connectivity index (χ0n) is 10.7. The number of imidazole rings is 1. The summed E-state index contributed by atoms with van der Waals surface area (Å²) in [7, 11) is 3.64. The smallest absolute Gasteiger partial charge is 0.133 e. The fourth-order valence-corrected chi connectivity index (χ4v) is 2.63. The second kappa shape index (κ2) is 5.12. The highest BCUT2D eigenvalue weighted by molar-refractivity contribution is 9.10. The number of nitrogens with two attached hydrogens (primary N) is 1. The number of methoxy groups -OCH3 is 1. The molecule has 96 valence electrons. The summed E-state index contributed by atoms with van der Waals surface area (Å²) < 4.78 is 8.19. The average Bonchev–Trinajstić information content (AvgIpc) is 2.64. The molecule has 0 aliphatic heterocycles. The van der Waals surface area contributed by atoms with E-state index in [0.29, 0.717) is 6.54 Å². The van der Waals surface area contributed by atoms with E-state index in [9.17, 15) is 0 Å². The SMILES string of the molecule is COc1ccc(-c2c(C)nc(CN)n2C)cc1Br. The number of aromatic nitrogens is 2. The number of hydrogen-bond acceptors (Lipinski definition) is 3. The van der Waals surface area contributed by atoms with Gasteiger partial charge >= 0.3 is 0 Å². The Morgan fingerprint density at radius 1 is 1.44 bits per heavy atom. The van der Waals surface area contributed by atoms with E-state index < -0.39 is 0 Å². The highest BCUT2D eigenvalue weighted by atomic mass is 79.9. The van der Waals surface area contributed by atoms with Gasteiger partial charge in [-0.25, -0.2) is 4.98 Å². The highest BCUT2D eigenvalue weighted by Gasteiger charge is 2.13. The molecule has 0 atom stereocenters. The van der Waals surface area contributed by atoms with E-state index in [-0.39, 0.29) is 0 Å².